The van der Waals surface area contributed by atoms with Crippen LogP contribution in [0.4, 0.5) is 11.5 Å². The molecule has 0 fully saturated rings. The number of carbonyl (C=O) groups is 1. The molecule has 3 N–H and O–H groups in total. The summed E-state index contributed by atoms with van der Waals surface area (Å²) in [4.78, 5) is 19.5. The lowest BCUT2D eigenvalue weighted by Gasteiger charge is -2.04. The molecule has 0 aliphatic carbocycles. The molecular weight excluding hydrogens is 216 g/mol. The quantitative estimate of drug-likeness (QED) is 0.774. The zero-order chi connectivity index (χ0) is 12.1. The lowest BCUT2D eigenvalue weighted by molar-refractivity contribution is -0.115. The first-order valence-corrected chi connectivity index (χ1v) is 5.14. The number of nitrogens with zero attached hydrogens (tertiary/aromatic N) is 2. The minimum absolute atomic E-state index is 0.142. The monoisotopic (exact) mass is 228 g/mol. The number of nitrogens with one attached hydrogen (secondary N) is 1. The molecule has 0 atom stereocenters. The van der Waals surface area contributed by atoms with Crippen molar-refractivity contribution in [2.24, 2.45) is 0 Å². The number of carbonyl (C=O) groups excluding carboxylic acids is 1. The highest BCUT2D eigenvalue weighted by atomic mass is 16.1. The molecule has 17 heavy (non-hydrogen) atoms. The van der Waals surface area contributed by atoms with Crippen molar-refractivity contribution >= 4 is 17.4 Å². The Morgan fingerprint density at radius 2 is 2.24 bits per heavy atom. The molecule has 0 radical (unpaired) electrons. The second-order valence-electron chi connectivity index (χ2n) is 3.56. The molecule has 5 nitrogen and oxygen atoms in total. The lowest BCUT2D eigenvalue weighted by Crippen LogP contribution is -2.15. The predicted molar refractivity (Wildman–Crippen MR) is 65.2 cm³/mol. The van der Waals surface area contributed by atoms with E-state index in [1.165, 1.54) is 12.4 Å². The van der Waals surface area contributed by atoms with Gasteiger partial charge < -0.3 is 11.1 Å². The van der Waals surface area contributed by atoms with Gasteiger partial charge in [-0.05, 0) is 17.7 Å². The Hall–Kier alpha value is -2.43. The van der Waals surface area contributed by atoms with Crippen molar-refractivity contribution in [3.63, 3.8) is 0 Å². The summed E-state index contributed by atoms with van der Waals surface area (Å²) in [5.41, 5.74) is 7.15. The Labute approximate surface area is 98.7 Å². The zero-order valence-corrected chi connectivity index (χ0v) is 9.13. The van der Waals surface area contributed by atoms with Gasteiger partial charge in [-0.1, -0.05) is 12.1 Å². The van der Waals surface area contributed by atoms with Crippen LogP contribution in [0.3, 0.4) is 0 Å². The highest BCUT2D eigenvalue weighted by Crippen LogP contribution is 2.08. The number of benzene rings is 1. The summed E-state index contributed by atoms with van der Waals surface area (Å²) in [7, 11) is 0. The number of nitrogen functional groups attached to an aromatic ring is 1. The normalized spacial score (nSPS) is 9.88. The van der Waals surface area contributed by atoms with Gasteiger partial charge in [0.25, 0.3) is 0 Å². The maximum absolute atomic E-state index is 11.7. The van der Waals surface area contributed by atoms with Crippen molar-refractivity contribution in [3.8, 4) is 0 Å². The molecule has 0 saturated carbocycles. The SMILES string of the molecule is Nc1cccc(CC(=O)Nc2cnccn2)c1. The van der Waals surface area contributed by atoms with Crippen LogP contribution in [0.15, 0.2) is 42.9 Å². The summed E-state index contributed by atoms with van der Waals surface area (Å²) >= 11 is 0. The van der Waals surface area contributed by atoms with Gasteiger partial charge in [0, 0.05) is 18.1 Å². The first-order chi connectivity index (χ1) is 8.24. The van der Waals surface area contributed by atoms with Crippen LogP contribution in [0.1, 0.15) is 5.56 Å². The predicted octanol–water partition coefficient (Wildman–Crippen LogP) is 1.24. The van der Waals surface area contributed by atoms with Gasteiger partial charge in [0.15, 0.2) is 5.82 Å². The zero-order valence-electron chi connectivity index (χ0n) is 9.13. The molecule has 86 valence electrons. The fourth-order valence-corrected chi connectivity index (χ4v) is 1.44. The van der Waals surface area contributed by atoms with Crippen molar-refractivity contribution in [1.29, 1.82) is 0 Å². The molecule has 0 unspecified atom stereocenters. The van der Waals surface area contributed by atoms with Gasteiger partial charge in [-0.2, -0.15) is 0 Å². The fraction of sp³-hybridized carbons (Fsp3) is 0.0833. The number of hydrogen-bond donors (Lipinski definition) is 2. The molecule has 5 heteroatoms. The standard InChI is InChI=1S/C12H12N4O/c13-10-3-1-2-9(6-10)7-12(17)16-11-8-14-4-5-15-11/h1-6,8H,7,13H2,(H,15,16,17). The number of aromatic nitrogens is 2. The van der Waals surface area contributed by atoms with Crippen molar-refractivity contribution in [1.82, 2.24) is 9.97 Å². The van der Waals surface area contributed by atoms with E-state index in [4.69, 9.17) is 5.73 Å². The first-order valence-electron chi connectivity index (χ1n) is 5.14. The van der Waals surface area contributed by atoms with E-state index in [2.05, 4.69) is 15.3 Å². The van der Waals surface area contributed by atoms with E-state index < -0.39 is 0 Å². The van der Waals surface area contributed by atoms with Crippen molar-refractivity contribution in [3.05, 3.63) is 48.4 Å². The van der Waals surface area contributed by atoms with Crippen molar-refractivity contribution < 1.29 is 4.79 Å². The Morgan fingerprint density at radius 1 is 1.35 bits per heavy atom. The van der Waals surface area contributed by atoms with E-state index in [0.717, 1.165) is 5.56 Å². The lowest BCUT2D eigenvalue weighted by atomic mass is 10.1. The Bertz CT molecular complexity index is 513. The molecule has 1 aromatic carbocycles. The largest absolute Gasteiger partial charge is 0.399 e. The maximum atomic E-state index is 11.7. The summed E-state index contributed by atoms with van der Waals surface area (Å²) in [5.74, 6) is 0.303. The van der Waals surface area contributed by atoms with E-state index in [1.807, 2.05) is 12.1 Å². The molecule has 0 aliphatic heterocycles. The minimum Gasteiger partial charge on any atom is -0.399 e. The number of amides is 1. The van der Waals surface area contributed by atoms with Crippen molar-refractivity contribution in [2.75, 3.05) is 11.1 Å². The van der Waals surface area contributed by atoms with E-state index >= 15 is 0 Å². The summed E-state index contributed by atoms with van der Waals surface area (Å²) in [6.45, 7) is 0. The smallest absolute Gasteiger partial charge is 0.229 e. The third kappa shape index (κ3) is 3.27. The molecule has 2 aromatic rings. The second-order valence-corrected chi connectivity index (χ2v) is 3.56. The molecule has 1 aromatic heterocycles. The van der Waals surface area contributed by atoms with Gasteiger partial charge >= 0.3 is 0 Å². The van der Waals surface area contributed by atoms with Crippen LogP contribution >= 0.6 is 0 Å². The average Bonchev–Trinajstić information content (AvgIpc) is 2.30. The van der Waals surface area contributed by atoms with Gasteiger partial charge in [0.1, 0.15) is 0 Å². The highest BCUT2D eigenvalue weighted by Gasteiger charge is 2.04. The average molecular weight is 228 g/mol. The van der Waals surface area contributed by atoms with Gasteiger partial charge in [0.05, 0.1) is 12.6 Å². The maximum Gasteiger partial charge on any atom is 0.229 e. The van der Waals surface area contributed by atoms with E-state index in [0.29, 0.717) is 11.5 Å². The third-order valence-electron chi connectivity index (χ3n) is 2.15. The Kier molecular flexibility index (Phi) is 3.30. The molecule has 1 amide bonds. The van der Waals surface area contributed by atoms with Crippen molar-refractivity contribution in [2.45, 2.75) is 6.42 Å². The van der Waals surface area contributed by atoms with Crippen LogP contribution in [-0.4, -0.2) is 15.9 Å². The van der Waals surface area contributed by atoms with E-state index in [-0.39, 0.29) is 12.3 Å². The van der Waals surface area contributed by atoms with Gasteiger partial charge in [-0.15, -0.1) is 0 Å². The Balaban J connectivity index is 1.98. The topological polar surface area (TPSA) is 80.9 Å². The number of anilines is 2. The third-order valence-corrected chi connectivity index (χ3v) is 2.15. The highest BCUT2D eigenvalue weighted by molar-refractivity contribution is 5.91. The molecular formula is C12H12N4O. The van der Waals surface area contributed by atoms with E-state index in [9.17, 15) is 4.79 Å². The second kappa shape index (κ2) is 5.07. The van der Waals surface area contributed by atoms with E-state index in [1.54, 1.807) is 18.3 Å². The molecule has 0 aliphatic rings. The summed E-state index contributed by atoms with van der Waals surface area (Å²) in [6.07, 6.45) is 4.84. The molecule has 0 saturated heterocycles. The Morgan fingerprint density at radius 3 is 2.94 bits per heavy atom. The molecule has 1 heterocycles. The molecule has 0 bridgehead atoms. The van der Waals surface area contributed by atoms with Gasteiger partial charge in [-0.25, -0.2) is 4.98 Å². The number of hydrogen-bond acceptors (Lipinski definition) is 4. The summed E-state index contributed by atoms with van der Waals surface area (Å²) < 4.78 is 0. The van der Waals surface area contributed by atoms with Crippen LogP contribution in [0.2, 0.25) is 0 Å². The van der Waals surface area contributed by atoms with Crippen LogP contribution in [-0.2, 0) is 11.2 Å². The fourth-order valence-electron chi connectivity index (χ4n) is 1.44. The number of nitrogens with two attached hydrogens (primary N) is 1. The van der Waals surface area contributed by atoms with Crippen LogP contribution in [0.5, 0.6) is 0 Å². The molecule has 0 spiro atoms. The first kappa shape index (κ1) is 11.1. The summed E-state index contributed by atoms with van der Waals surface area (Å²) in [5, 5.41) is 2.66. The van der Waals surface area contributed by atoms with Crippen LogP contribution in [0, 0.1) is 0 Å². The van der Waals surface area contributed by atoms with Crippen LogP contribution in [0.25, 0.3) is 0 Å². The molecule has 2 rings (SSSR count). The van der Waals surface area contributed by atoms with Gasteiger partial charge in [0.2, 0.25) is 5.91 Å². The minimum atomic E-state index is -0.142. The number of rotatable bonds is 3. The van der Waals surface area contributed by atoms with Gasteiger partial charge in [-0.3, -0.25) is 9.78 Å². The van der Waals surface area contributed by atoms with Crippen LogP contribution < -0.4 is 11.1 Å². The summed E-state index contributed by atoms with van der Waals surface area (Å²) in [6, 6.07) is 7.23.